The molecular weight excluding hydrogens is 381 g/mol. The summed E-state index contributed by atoms with van der Waals surface area (Å²) < 4.78 is 2.11. The van der Waals surface area contributed by atoms with Crippen LogP contribution in [0.15, 0.2) is 54.6 Å². The van der Waals surface area contributed by atoms with Crippen LogP contribution in [-0.4, -0.2) is 19.7 Å². The molecule has 1 N–H and O–H groups in total. The molecule has 4 aromatic rings. The van der Waals surface area contributed by atoms with E-state index in [9.17, 15) is 0 Å². The lowest BCUT2D eigenvalue weighted by Crippen LogP contribution is -2.03. The monoisotopic (exact) mass is 397 g/mol. The SMILES string of the molecule is CCCn1c(-c2ccc(Nc3ccc(Cl)cc3)nn2)nc2cccc(Cl)c21. The van der Waals surface area contributed by atoms with Gasteiger partial charge in [0, 0.05) is 17.3 Å². The second kappa shape index (κ2) is 7.55. The number of halogens is 2. The summed E-state index contributed by atoms with van der Waals surface area (Å²) in [6.07, 6.45) is 0.966. The van der Waals surface area contributed by atoms with E-state index < -0.39 is 0 Å². The van der Waals surface area contributed by atoms with Gasteiger partial charge in [-0.2, -0.15) is 0 Å². The summed E-state index contributed by atoms with van der Waals surface area (Å²) in [5, 5.41) is 13.2. The molecule has 0 atom stereocenters. The van der Waals surface area contributed by atoms with Gasteiger partial charge in [-0.05, 0) is 55.0 Å². The molecule has 0 unspecified atom stereocenters. The summed E-state index contributed by atoms with van der Waals surface area (Å²) in [7, 11) is 0. The Morgan fingerprint density at radius 1 is 0.963 bits per heavy atom. The Morgan fingerprint density at radius 2 is 1.78 bits per heavy atom. The van der Waals surface area contributed by atoms with E-state index in [2.05, 4.69) is 27.0 Å². The van der Waals surface area contributed by atoms with E-state index in [-0.39, 0.29) is 0 Å². The standard InChI is InChI=1S/C20H17Cl2N5/c1-2-12-27-19-15(22)4-3-5-16(19)24-20(27)17-10-11-18(26-25-17)23-14-8-6-13(21)7-9-14/h3-11H,2,12H2,1H3,(H,23,26). The molecule has 0 bridgehead atoms. The van der Waals surface area contributed by atoms with E-state index in [1.165, 1.54) is 0 Å². The molecule has 2 heterocycles. The Bertz CT molecular complexity index is 1070. The number of nitrogens with one attached hydrogen (secondary N) is 1. The number of aryl methyl sites for hydroxylation is 1. The van der Waals surface area contributed by atoms with Gasteiger partial charge in [0.25, 0.3) is 0 Å². The van der Waals surface area contributed by atoms with Crippen molar-refractivity contribution in [1.29, 1.82) is 0 Å². The lowest BCUT2D eigenvalue weighted by Gasteiger charge is -2.09. The minimum Gasteiger partial charge on any atom is -0.339 e. The number of anilines is 2. The molecule has 27 heavy (non-hydrogen) atoms. The molecule has 4 rings (SSSR count). The van der Waals surface area contributed by atoms with Crippen LogP contribution in [0.25, 0.3) is 22.6 Å². The predicted octanol–water partition coefficient (Wildman–Crippen LogP) is 5.95. The molecule has 0 saturated carbocycles. The van der Waals surface area contributed by atoms with Gasteiger partial charge in [0.15, 0.2) is 11.6 Å². The molecule has 136 valence electrons. The molecule has 2 aromatic carbocycles. The molecule has 5 nitrogen and oxygen atoms in total. The Hall–Kier alpha value is -2.63. The molecule has 0 radical (unpaired) electrons. The summed E-state index contributed by atoms with van der Waals surface area (Å²) >= 11 is 12.3. The third-order valence-electron chi connectivity index (χ3n) is 4.17. The second-order valence-electron chi connectivity index (χ2n) is 6.13. The van der Waals surface area contributed by atoms with Crippen LogP contribution in [0, 0.1) is 0 Å². The maximum Gasteiger partial charge on any atom is 0.161 e. The first-order valence-electron chi connectivity index (χ1n) is 8.67. The summed E-state index contributed by atoms with van der Waals surface area (Å²) in [5.74, 6) is 1.42. The Kier molecular flexibility index (Phi) is 4.97. The largest absolute Gasteiger partial charge is 0.339 e. The third kappa shape index (κ3) is 3.61. The first kappa shape index (κ1) is 17.8. The van der Waals surface area contributed by atoms with Crippen molar-refractivity contribution in [3.8, 4) is 11.5 Å². The quantitative estimate of drug-likeness (QED) is 0.451. The van der Waals surface area contributed by atoms with Gasteiger partial charge < -0.3 is 9.88 Å². The Labute approximate surface area is 167 Å². The van der Waals surface area contributed by atoms with Gasteiger partial charge in [-0.25, -0.2) is 4.98 Å². The van der Waals surface area contributed by atoms with E-state index in [0.29, 0.717) is 21.6 Å². The molecule has 0 fully saturated rings. The molecule has 0 aliphatic rings. The first-order valence-corrected chi connectivity index (χ1v) is 9.42. The number of para-hydroxylation sites is 1. The number of hydrogen-bond donors (Lipinski definition) is 1. The molecule has 0 aliphatic carbocycles. The molecule has 2 aromatic heterocycles. The number of nitrogens with zero attached hydrogens (tertiary/aromatic N) is 4. The summed E-state index contributed by atoms with van der Waals surface area (Å²) in [6, 6.07) is 17.0. The number of hydrogen-bond acceptors (Lipinski definition) is 4. The zero-order valence-electron chi connectivity index (χ0n) is 14.7. The number of aromatic nitrogens is 4. The van der Waals surface area contributed by atoms with Crippen LogP contribution < -0.4 is 5.32 Å². The zero-order valence-corrected chi connectivity index (χ0v) is 16.2. The van der Waals surface area contributed by atoms with Crippen LogP contribution in [0.5, 0.6) is 0 Å². The van der Waals surface area contributed by atoms with Crippen molar-refractivity contribution in [3.05, 3.63) is 64.6 Å². The van der Waals surface area contributed by atoms with Crippen molar-refractivity contribution < 1.29 is 0 Å². The maximum atomic E-state index is 6.41. The molecule has 0 amide bonds. The predicted molar refractivity (Wildman–Crippen MR) is 111 cm³/mol. The van der Waals surface area contributed by atoms with E-state index in [4.69, 9.17) is 28.2 Å². The van der Waals surface area contributed by atoms with Gasteiger partial charge in [0.2, 0.25) is 0 Å². The average molecular weight is 398 g/mol. The molecule has 0 saturated heterocycles. The Balaban J connectivity index is 1.68. The van der Waals surface area contributed by atoms with Crippen molar-refractivity contribution in [1.82, 2.24) is 19.7 Å². The molecule has 7 heteroatoms. The second-order valence-corrected chi connectivity index (χ2v) is 6.97. The van der Waals surface area contributed by atoms with Gasteiger partial charge in [0.05, 0.1) is 16.1 Å². The topological polar surface area (TPSA) is 55.6 Å². The fourth-order valence-electron chi connectivity index (χ4n) is 2.98. The highest BCUT2D eigenvalue weighted by atomic mass is 35.5. The van der Waals surface area contributed by atoms with Crippen molar-refractivity contribution in [3.63, 3.8) is 0 Å². The van der Waals surface area contributed by atoms with Crippen molar-refractivity contribution in [2.45, 2.75) is 19.9 Å². The van der Waals surface area contributed by atoms with E-state index in [0.717, 1.165) is 35.5 Å². The lowest BCUT2D eigenvalue weighted by atomic mass is 10.3. The van der Waals surface area contributed by atoms with Crippen molar-refractivity contribution in [2.24, 2.45) is 0 Å². The molecule has 0 spiro atoms. The summed E-state index contributed by atoms with van der Waals surface area (Å²) in [4.78, 5) is 4.73. The van der Waals surface area contributed by atoms with E-state index in [1.807, 2.05) is 54.6 Å². The van der Waals surface area contributed by atoms with Gasteiger partial charge in [0.1, 0.15) is 5.69 Å². The highest BCUT2D eigenvalue weighted by molar-refractivity contribution is 6.35. The summed E-state index contributed by atoms with van der Waals surface area (Å²) in [5.41, 5.74) is 3.39. The minimum atomic E-state index is 0.650. The van der Waals surface area contributed by atoms with Gasteiger partial charge in [-0.1, -0.05) is 36.2 Å². The van der Waals surface area contributed by atoms with Gasteiger partial charge in [-0.3, -0.25) is 0 Å². The first-order chi connectivity index (χ1) is 13.2. The third-order valence-corrected chi connectivity index (χ3v) is 4.73. The van der Waals surface area contributed by atoms with E-state index >= 15 is 0 Å². The maximum absolute atomic E-state index is 6.41. The van der Waals surface area contributed by atoms with Gasteiger partial charge >= 0.3 is 0 Å². The average Bonchev–Trinajstić information content (AvgIpc) is 3.04. The van der Waals surface area contributed by atoms with Crippen molar-refractivity contribution in [2.75, 3.05) is 5.32 Å². The highest BCUT2D eigenvalue weighted by Gasteiger charge is 2.15. The van der Waals surface area contributed by atoms with Crippen LogP contribution in [-0.2, 0) is 6.54 Å². The number of benzene rings is 2. The molecular formula is C20H17Cl2N5. The van der Waals surface area contributed by atoms with Gasteiger partial charge in [-0.15, -0.1) is 10.2 Å². The number of rotatable bonds is 5. The van der Waals surface area contributed by atoms with Crippen LogP contribution >= 0.6 is 23.2 Å². The fraction of sp³-hybridized carbons (Fsp3) is 0.150. The molecule has 0 aliphatic heterocycles. The number of fused-ring (bicyclic) bond motifs is 1. The van der Waals surface area contributed by atoms with Crippen LogP contribution in [0.2, 0.25) is 10.0 Å². The van der Waals surface area contributed by atoms with E-state index in [1.54, 1.807) is 0 Å². The minimum absolute atomic E-state index is 0.650. The van der Waals surface area contributed by atoms with Crippen LogP contribution in [0.3, 0.4) is 0 Å². The van der Waals surface area contributed by atoms with Crippen molar-refractivity contribution >= 4 is 45.7 Å². The smallest absolute Gasteiger partial charge is 0.161 e. The Morgan fingerprint density at radius 3 is 2.48 bits per heavy atom. The fourth-order valence-corrected chi connectivity index (χ4v) is 3.38. The highest BCUT2D eigenvalue weighted by Crippen LogP contribution is 2.29. The summed E-state index contributed by atoms with van der Waals surface area (Å²) in [6.45, 7) is 2.93. The normalized spacial score (nSPS) is 11.1. The number of imidazole rings is 1. The zero-order chi connectivity index (χ0) is 18.8. The van der Waals surface area contributed by atoms with Crippen LogP contribution in [0.1, 0.15) is 13.3 Å². The lowest BCUT2D eigenvalue weighted by molar-refractivity contribution is 0.701. The van der Waals surface area contributed by atoms with Crippen LogP contribution in [0.4, 0.5) is 11.5 Å².